The molecule has 1 aromatic carbocycles. The number of rotatable bonds is 2. The maximum Gasteiger partial charge on any atom is 0.317 e. The van der Waals surface area contributed by atoms with Crippen molar-refractivity contribution in [3.8, 4) is 0 Å². The Morgan fingerprint density at radius 1 is 1.21 bits per heavy atom. The van der Waals surface area contributed by atoms with Crippen LogP contribution in [0.25, 0.3) is 0 Å². The molecule has 4 nitrogen and oxygen atoms in total. The Kier molecular flexibility index (Phi) is 4.68. The highest BCUT2D eigenvalue weighted by Gasteiger charge is 2.33. The summed E-state index contributed by atoms with van der Waals surface area (Å²) in [5.41, 5.74) is 0.926. The summed E-state index contributed by atoms with van der Waals surface area (Å²) in [5.74, 6) is 0.668. The minimum Gasteiger partial charge on any atom is -0.331 e. The molecule has 0 bridgehead atoms. The van der Waals surface area contributed by atoms with E-state index < -0.39 is 0 Å². The second-order valence-corrected chi connectivity index (χ2v) is 8.03. The van der Waals surface area contributed by atoms with Crippen LogP contribution in [-0.4, -0.2) is 53.8 Å². The number of likely N-dealkylation sites (tertiary alicyclic amines) is 2. The molecule has 0 aromatic heterocycles. The van der Waals surface area contributed by atoms with Crippen LogP contribution in [0.4, 0.5) is 9.18 Å². The number of hydrogen-bond acceptors (Lipinski definition) is 3. The molecule has 4 rings (SSSR count). The number of halogens is 1. The first kappa shape index (κ1) is 16.2. The number of hydrogen-bond donors (Lipinski definition) is 1. The van der Waals surface area contributed by atoms with Crippen LogP contribution in [0.1, 0.15) is 37.3 Å². The smallest absolute Gasteiger partial charge is 0.317 e. The molecule has 0 spiro atoms. The number of fused-ring (bicyclic) bond motifs is 1. The lowest BCUT2D eigenvalue weighted by Gasteiger charge is -2.29. The lowest BCUT2D eigenvalue weighted by atomic mass is 10.0. The Bertz CT molecular complexity index is 620. The van der Waals surface area contributed by atoms with Gasteiger partial charge in [-0.15, -0.1) is 11.8 Å². The Morgan fingerprint density at radius 3 is 2.88 bits per heavy atom. The van der Waals surface area contributed by atoms with E-state index >= 15 is 0 Å². The van der Waals surface area contributed by atoms with E-state index in [-0.39, 0.29) is 17.9 Å². The number of amides is 2. The molecule has 24 heavy (non-hydrogen) atoms. The average molecular weight is 349 g/mol. The maximum absolute atomic E-state index is 14.0. The number of nitrogens with one attached hydrogen (secondary N) is 1. The van der Waals surface area contributed by atoms with E-state index in [2.05, 4.69) is 10.2 Å². The van der Waals surface area contributed by atoms with Crippen LogP contribution in [0, 0.1) is 5.82 Å². The quantitative estimate of drug-likeness (QED) is 0.890. The first-order valence-electron chi connectivity index (χ1n) is 8.93. The second kappa shape index (κ2) is 6.92. The average Bonchev–Trinajstić information content (AvgIpc) is 3.27. The third-order valence-corrected chi connectivity index (χ3v) is 6.59. The summed E-state index contributed by atoms with van der Waals surface area (Å²) in [4.78, 5) is 17.8. The standard InChI is InChI=1S/C18H24FN3OS/c19-15-5-3-4-14-16(7-11-24-17(14)15)20-18(23)22-10-6-13(12-22)21-8-1-2-9-21/h3-5,13,16H,1-2,6-12H2,(H,20,23)/t13-,16-/m1/s1. The molecule has 1 N–H and O–H groups in total. The molecule has 0 radical (unpaired) electrons. The van der Waals surface area contributed by atoms with E-state index in [0.717, 1.165) is 37.2 Å². The maximum atomic E-state index is 14.0. The zero-order chi connectivity index (χ0) is 16.5. The Labute approximate surface area is 146 Å². The molecule has 0 saturated carbocycles. The van der Waals surface area contributed by atoms with Gasteiger partial charge >= 0.3 is 6.03 Å². The molecule has 6 heteroatoms. The number of carbonyl (C=O) groups excluding carboxylic acids is 1. The molecule has 0 aliphatic carbocycles. The largest absolute Gasteiger partial charge is 0.331 e. The summed E-state index contributed by atoms with van der Waals surface area (Å²) in [6, 6.07) is 5.62. The van der Waals surface area contributed by atoms with Gasteiger partial charge in [0.15, 0.2) is 0 Å². The highest BCUT2D eigenvalue weighted by molar-refractivity contribution is 7.99. The predicted octanol–water partition coefficient (Wildman–Crippen LogP) is 3.24. The molecule has 0 unspecified atom stereocenters. The number of carbonyl (C=O) groups is 1. The van der Waals surface area contributed by atoms with Crippen molar-refractivity contribution in [2.45, 2.75) is 42.7 Å². The van der Waals surface area contributed by atoms with Crippen molar-refractivity contribution >= 4 is 17.8 Å². The molecular formula is C18H24FN3OS. The molecule has 3 aliphatic heterocycles. The monoisotopic (exact) mass is 349 g/mol. The highest BCUT2D eigenvalue weighted by atomic mass is 32.2. The van der Waals surface area contributed by atoms with E-state index in [1.807, 2.05) is 11.0 Å². The van der Waals surface area contributed by atoms with Crippen LogP contribution in [0.15, 0.2) is 23.1 Å². The van der Waals surface area contributed by atoms with Gasteiger partial charge < -0.3 is 10.2 Å². The van der Waals surface area contributed by atoms with Crippen LogP contribution in [0.5, 0.6) is 0 Å². The van der Waals surface area contributed by atoms with Gasteiger partial charge in [0.05, 0.1) is 6.04 Å². The molecular weight excluding hydrogens is 325 g/mol. The fraction of sp³-hybridized carbons (Fsp3) is 0.611. The van der Waals surface area contributed by atoms with Crippen LogP contribution >= 0.6 is 11.8 Å². The predicted molar refractivity (Wildman–Crippen MR) is 93.8 cm³/mol. The SMILES string of the molecule is O=C(N[C@@H]1CCSc2c(F)cccc21)N1CC[C@@H](N2CCCC2)C1. The van der Waals surface area contributed by atoms with Crippen molar-refractivity contribution in [2.24, 2.45) is 0 Å². The first-order chi connectivity index (χ1) is 11.7. The molecule has 3 aliphatic rings. The minimum atomic E-state index is -0.174. The zero-order valence-corrected chi connectivity index (χ0v) is 14.7. The van der Waals surface area contributed by atoms with Gasteiger partial charge in [-0.1, -0.05) is 12.1 Å². The third-order valence-electron chi connectivity index (χ3n) is 5.43. The van der Waals surface area contributed by atoms with Gasteiger partial charge in [-0.05, 0) is 50.4 Å². The van der Waals surface area contributed by atoms with Crippen LogP contribution < -0.4 is 5.32 Å². The summed E-state index contributed by atoms with van der Waals surface area (Å²) in [7, 11) is 0. The number of nitrogens with zero attached hydrogens (tertiary/aromatic N) is 2. The molecule has 2 atom stereocenters. The summed E-state index contributed by atoms with van der Waals surface area (Å²) in [6.07, 6.45) is 4.49. The fourth-order valence-corrected chi connectivity index (χ4v) is 5.25. The number of thioether (sulfide) groups is 1. The normalized spacial score (nSPS) is 27.3. The van der Waals surface area contributed by atoms with Crippen molar-refractivity contribution in [1.29, 1.82) is 0 Å². The van der Waals surface area contributed by atoms with Gasteiger partial charge in [-0.3, -0.25) is 4.90 Å². The molecule has 2 fully saturated rings. The molecule has 2 saturated heterocycles. The molecule has 2 amide bonds. The van der Waals surface area contributed by atoms with Crippen molar-refractivity contribution in [3.05, 3.63) is 29.6 Å². The zero-order valence-electron chi connectivity index (χ0n) is 13.8. The second-order valence-electron chi connectivity index (χ2n) is 6.93. The summed E-state index contributed by atoms with van der Waals surface area (Å²) < 4.78 is 14.0. The van der Waals surface area contributed by atoms with Crippen molar-refractivity contribution < 1.29 is 9.18 Å². The van der Waals surface area contributed by atoms with Crippen molar-refractivity contribution in [3.63, 3.8) is 0 Å². The van der Waals surface area contributed by atoms with Crippen LogP contribution in [-0.2, 0) is 0 Å². The first-order valence-corrected chi connectivity index (χ1v) is 9.91. The minimum absolute atomic E-state index is 0.00353. The van der Waals surface area contributed by atoms with Gasteiger partial charge in [0.1, 0.15) is 5.82 Å². The van der Waals surface area contributed by atoms with E-state index in [4.69, 9.17) is 0 Å². The van der Waals surface area contributed by atoms with Crippen LogP contribution in [0.2, 0.25) is 0 Å². The van der Waals surface area contributed by atoms with E-state index in [1.54, 1.807) is 17.8 Å². The topological polar surface area (TPSA) is 35.6 Å². The van der Waals surface area contributed by atoms with E-state index in [1.165, 1.54) is 32.0 Å². The van der Waals surface area contributed by atoms with Gasteiger partial charge in [-0.2, -0.15) is 0 Å². The van der Waals surface area contributed by atoms with Crippen molar-refractivity contribution in [2.75, 3.05) is 31.9 Å². The fourth-order valence-electron chi connectivity index (χ4n) is 4.11. The lowest BCUT2D eigenvalue weighted by Crippen LogP contribution is -2.43. The van der Waals surface area contributed by atoms with E-state index in [0.29, 0.717) is 10.9 Å². The summed E-state index contributed by atoms with van der Waals surface area (Å²) in [5, 5.41) is 3.14. The lowest BCUT2D eigenvalue weighted by molar-refractivity contribution is 0.194. The highest BCUT2D eigenvalue weighted by Crippen LogP contribution is 2.37. The number of urea groups is 1. The van der Waals surface area contributed by atoms with Gasteiger partial charge in [-0.25, -0.2) is 9.18 Å². The van der Waals surface area contributed by atoms with Crippen LogP contribution in [0.3, 0.4) is 0 Å². The Balaban J connectivity index is 1.40. The molecule has 1 aromatic rings. The van der Waals surface area contributed by atoms with E-state index in [9.17, 15) is 9.18 Å². The van der Waals surface area contributed by atoms with Crippen molar-refractivity contribution in [1.82, 2.24) is 15.1 Å². The van der Waals surface area contributed by atoms with Gasteiger partial charge in [0.2, 0.25) is 0 Å². The summed E-state index contributed by atoms with van der Waals surface area (Å²) >= 11 is 1.55. The Hall–Kier alpha value is -1.27. The Morgan fingerprint density at radius 2 is 2.04 bits per heavy atom. The van der Waals surface area contributed by atoms with Gasteiger partial charge in [0, 0.05) is 29.8 Å². The van der Waals surface area contributed by atoms with Gasteiger partial charge in [0.25, 0.3) is 0 Å². The molecule has 130 valence electrons. The number of benzene rings is 1. The third kappa shape index (κ3) is 3.14. The summed E-state index contributed by atoms with van der Waals surface area (Å²) in [6.45, 7) is 3.99. The molecule has 3 heterocycles.